The van der Waals surface area contributed by atoms with E-state index < -0.39 is 0 Å². The number of halogens is 1. The van der Waals surface area contributed by atoms with E-state index in [1.165, 1.54) is 12.1 Å². The zero-order chi connectivity index (χ0) is 14.0. The van der Waals surface area contributed by atoms with Crippen LogP contribution in [0, 0.1) is 0 Å². The highest BCUT2D eigenvalue weighted by Crippen LogP contribution is 2.25. The summed E-state index contributed by atoms with van der Waals surface area (Å²) in [5.74, 6) is -0.231. The Balaban J connectivity index is 2.28. The van der Waals surface area contributed by atoms with Crippen LogP contribution < -0.4 is 0 Å². The van der Waals surface area contributed by atoms with Crippen LogP contribution >= 0.6 is 11.6 Å². The fraction of sp³-hybridized carbons (Fsp3) is 0.500. The third-order valence-corrected chi connectivity index (χ3v) is 3.62. The second-order valence-electron chi connectivity index (χ2n) is 4.83. The van der Waals surface area contributed by atoms with Gasteiger partial charge in [0.1, 0.15) is 5.75 Å². The standard InChI is InChI=1S/C14H18ClNO3/c1-3-11-8-19-9(2)7-16(11)14(18)12-6-10(15)4-5-13(12)17/h4-6,9,11,17H,3,7-8H2,1-2H3. The highest BCUT2D eigenvalue weighted by Gasteiger charge is 2.31. The summed E-state index contributed by atoms with van der Waals surface area (Å²) in [6.45, 7) is 5.01. The van der Waals surface area contributed by atoms with Gasteiger partial charge in [-0.25, -0.2) is 0 Å². The van der Waals surface area contributed by atoms with E-state index in [9.17, 15) is 9.90 Å². The van der Waals surface area contributed by atoms with Gasteiger partial charge in [-0.3, -0.25) is 4.79 Å². The van der Waals surface area contributed by atoms with Crippen LogP contribution in [0.3, 0.4) is 0 Å². The lowest BCUT2D eigenvalue weighted by Crippen LogP contribution is -2.51. The van der Waals surface area contributed by atoms with Gasteiger partial charge in [-0.15, -0.1) is 0 Å². The molecule has 19 heavy (non-hydrogen) atoms. The minimum absolute atomic E-state index is 0.00748. The minimum Gasteiger partial charge on any atom is -0.507 e. The Labute approximate surface area is 117 Å². The first-order chi connectivity index (χ1) is 9.02. The Morgan fingerprint density at radius 2 is 2.32 bits per heavy atom. The average molecular weight is 284 g/mol. The fourth-order valence-electron chi connectivity index (χ4n) is 2.27. The predicted molar refractivity (Wildman–Crippen MR) is 73.6 cm³/mol. The van der Waals surface area contributed by atoms with Crippen molar-refractivity contribution in [2.75, 3.05) is 13.2 Å². The van der Waals surface area contributed by atoms with Crippen LogP contribution in [0.1, 0.15) is 30.6 Å². The molecule has 1 aliphatic heterocycles. The summed E-state index contributed by atoms with van der Waals surface area (Å²) in [6, 6.07) is 4.56. The summed E-state index contributed by atoms with van der Waals surface area (Å²) in [5, 5.41) is 10.3. The molecule has 1 amide bonds. The molecular weight excluding hydrogens is 266 g/mol. The molecule has 4 nitrogen and oxygen atoms in total. The molecular formula is C14H18ClNO3. The van der Waals surface area contributed by atoms with Crippen LogP contribution in [0.15, 0.2) is 18.2 Å². The number of morpholine rings is 1. The van der Waals surface area contributed by atoms with Gasteiger partial charge >= 0.3 is 0 Å². The molecule has 0 radical (unpaired) electrons. The van der Waals surface area contributed by atoms with Gasteiger partial charge in [-0.05, 0) is 31.5 Å². The molecule has 1 aromatic rings. The first-order valence-corrected chi connectivity index (χ1v) is 6.81. The Hall–Kier alpha value is -1.26. The molecule has 1 heterocycles. The molecule has 1 saturated heterocycles. The number of benzene rings is 1. The maximum atomic E-state index is 12.5. The molecule has 104 valence electrons. The summed E-state index contributed by atoms with van der Waals surface area (Å²) < 4.78 is 5.57. The number of aromatic hydroxyl groups is 1. The lowest BCUT2D eigenvalue weighted by Gasteiger charge is -2.38. The van der Waals surface area contributed by atoms with Crippen LogP contribution in [0.2, 0.25) is 5.02 Å². The van der Waals surface area contributed by atoms with Crippen molar-refractivity contribution in [3.63, 3.8) is 0 Å². The van der Waals surface area contributed by atoms with Crippen molar-refractivity contribution < 1.29 is 14.6 Å². The first kappa shape index (κ1) is 14.2. The van der Waals surface area contributed by atoms with Crippen molar-refractivity contribution in [2.45, 2.75) is 32.4 Å². The van der Waals surface area contributed by atoms with Gasteiger partial charge < -0.3 is 14.7 Å². The fourth-order valence-corrected chi connectivity index (χ4v) is 2.44. The van der Waals surface area contributed by atoms with Crippen molar-refractivity contribution in [1.29, 1.82) is 0 Å². The monoisotopic (exact) mass is 283 g/mol. The van der Waals surface area contributed by atoms with Crippen LogP contribution in [0.25, 0.3) is 0 Å². The number of nitrogens with zero attached hydrogens (tertiary/aromatic N) is 1. The Morgan fingerprint density at radius 1 is 1.58 bits per heavy atom. The van der Waals surface area contributed by atoms with E-state index >= 15 is 0 Å². The normalized spacial score (nSPS) is 23.4. The van der Waals surface area contributed by atoms with Gasteiger partial charge in [0.15, 0.2) is 0 Å². The molecule has 1 aromatic carbocycles. The molecule has 0 bridgehead atoms. The second kappa shape index (κ2) is 5.80. The Bertz CT molecular complexity index is 478. The minimum atomic E-state index is -0.193. The maximum Gasteiger partial charge on any atom is 0.258 e. The Kier molecular flexibility index (Phi) is 4.32. The van der Waals surface area contributed by atoms with Crippen molar-refractivity contribution in [1.82, 2.24) is 4.90 Å². The highest BCUT2D eigenvalue weighted by atomic mass is 35.5. The zero-order valence-electron chi connectivity index (χ0n) is 11.1. The molecule has 1 aliphatic rings. The van der Waals surface area contributed by atoms with E-state index in [-0.39, 0.29) is 29.4 Å². The third-order valence-electron chi connectivity index (χ3n) is 3.39. The van der Waals surface area contributed by atoms with Crippen LogP contribution in [0.4, 0.5) is 0 Å². The summed E-state index contributed by atoms with van der Waals surface area (Å²) in [6.07, 6.45) is 0.827. The first-order valence-electron chi connectivity index (χ1n) is 6.44. The number of carbonyl (C=O) groups is 1. The largest absolute Gasteiger partial charge is 0.507 e. The van der Waals surface area contributed by atoms with Crippen LogP contribution in [-0.4, -0.2) is 41.2 Å². The molecule has 0 spiro atoms. The number of rotatable bonds is 2. The van der Waals surface area contributed by atoms with Crippen LogP contribution in [-0.2, 0) is 4.74 Å². The van der Waals surface area contributed by atoms with Gasteiger partial charge in [0.05, 0.1) is 24.3 Å². The zero-order valence-corrected chi connectivity index (χ0v) is 11.9. The number of hydrogen-bond acceptors (Lipinski definition) is 3. The van der Waals surface area contributed by atoms with Crippen LogP contribution in [0.5, 0.6) is 5.75 Å². The molecule has 1 fully saturated rings. The number of phenols is 1. The van der Waals surface area contributed by atoms with E-state index in [0.717, 1.165) is 6.42 Å². The van der Waals surface area contributed by atoms with Crippen molar-refractivity contribution in [2.24, 2.45) is 0 Å². The maximum absolute atomic E-state index is 12.5. The van der Waals surface area contributed by atoms with E-state index in [0.29, 0.717) is 18.2 Å². The van der Waals surface area contributed by atoms with E-state index in [1.807, 2.05) is 13.8 Å². The molecule has 2 unspecified atom stereocenters. The molecule has 2 atom stereocenters. The number of phenolic OH excluding ortho intramolecular Hbond substituents is 1. The number of hydrogen-bond donors (Lipinski definition) is 1. The van der Waals surface area contributed by atoms with E-state index in [1.54, 1.807) is 11.0 Å². The third kappa shape index (κ3) is 3.01. The Morgan fingerprint density at radius 3 is 3.00 bits per heavy atom. The lowest BCUT2D eigenvalue weighted by atomic mass is 10.1. The topological polar surface area (TPSA) is 49.8 Å². The molecule has 0 aliphatic carbocycles. The van der Waals surface area contributed by atoms with Gasteiger partial charge in [0.25, 0.3) is 5.91 Å². The summed E-state index contributed by atoms with van der Waals surface area (Å²) in [4.78, 5) is 14.3. The molecule has 2 rings (SSSR count). The summed E-state index contributed by atoms with van der Waals surface area (Å²) in [5.41, 5.74) is 0.250. The van der Waals surface area contributed by atoms with Crippen molar-refractivity contribution in [3.8, 4) is 5.75 Å². The van der Waals surface area contributed by atoms with Gasteiger partial charge in [0.2, 0.25) is 0 Å². The average Bonchev–Trinajstić information content (AvgIpc) is 2.40. The van der Waals surface area contributed by atoms with Crippen molar-refractivity contribution in [3.05, 3.63) is 28.8 Å². The SMILES string of the molecule is CCC1COC(C)CN1C(=O)c1cc(Cl)ccc1O. The van der Waals surface area contributed by atoms with E-state index in [4.69, 9.17) is 16.3 Å². The van der Waals surface area contributed by atoms with Crippen molar-refractivity contribution >= 4 is 17.5 Å². The molecule has 1 N–H and O–H groups in total. The van der Waals surface area contributed by atoms with Gasteiger partial charge in [0, 0.05) is 11.6 Å². The molecule has 5 heteroatoms. The number of amides is 1. The summed E-state index contributed by atoms with van der Waals surface area (Å²) in [7, 11) is 0. The lowest BCUT2D eigenvalue weighted by molar-refractivity contribution is -0.0444. The second-order valence-corrected chi connectivity index (χ2v) is 5.26. The highest BCUT2D eigenvalue weighted by molar-refractivity contribution is 6.31. The molecule has 0 aromatic heterocycles. The molecule has 0 saturated carbocycles. The van der Waals surface area contributed by atoms with Gasteiger partial charge in [-0.2, -0.15) is 0 Å². The predicted octanol–water partition coefficient (Wildman–Crippen LogP) is 2.69. The van der Waals surface area contributed by atoms with Gasteiger partial charge in [-0.1, -0.05) is 18.5 Å². The number of carbonyl (C=O) groups excluding carboxylic acids is 1. The number of ether oxygens (including phenoxy) is 1. The smallest absolute Gasteiger partial charge is 0.258 e. The van der Waals surface area contributed by atoms with E-state index in [2.05, 4.69) is 0 Å². The summed E-state index contributed by atoms with van der Waals surface area (Å²) >= 11 is 5.89. The quantitative estimate of drug-likeness (QED) is 0.908.